The second kappa shape index (κ2) is 6.87. The quantitative estimate of drug-likeness (QED) is 0.771. The highest BCUT2D eigenvalue weighted by Gasteiger charge is 2.20. The summed E-state index contributed by atoms with van der Waals surface area (Å²) >= 11 is 6.12. The van der Waals surface area contributed by atoms with E-state index in [1.807, 2.05) is 0 Å². The number of benzene rings is 2. The third-order valence-corrected chi connectivity index (χ3v) is 3.97. The molecular weight excluding hydrogens is 352 g/mol. The molecule has 8 heteroatoms. The van der Waals surface area contributed by atoms with Gasteiger partial charge in [0.2, 0.25) is 0 Å². The summed E-state index contributed by atoms with van der Waals surface area (Å²) in [4.78, 5) is 17.4. The van der Waals surface area contributed by atoms with Crippen molar-refractivity contribution in [1.82, 2.24) is 9.55 Å². The standard InChI is InChI=1S/C17H14ClF2N3O2/c1-25-8-13(21)16-22-14-4-2-3-12(18)15(14)17(24)23(16)11-6-9(19)5-10(20)7-11/h2-7,13H,8,21H2,1H3. The average Bonchev–Trinajstić information content (AvgIpc) is 2.53. The molecule has 0 aliphatic rings. The summed E-state index contributed by atoms with van der Waals surface area (Å²) in [5.41, 5.74) is 5.79. The Kier molecular flexibility index (Phi) is 4.80. The van der Waals surface area contributed by atoms with Crippen molar-refractivity contribution in [2.45, 2.75) is 6.04 Å². The van der Waals surface area contributed by atoms with E-state index >= 15 is 0 Å². The Labute approximate surface area is 146 Å². The van der Waals surface area contributed by atoms with Crippen molar-refractivity contribution in [3.63, 3.8) is 0 Å². The number of methoxy groups -OCH3 is 1. The van der Waals surface area contributed by atoms with Crippen LogP contribution in [0.25, 0.3) is 16.6 Å². The maximum Gasteiger partial charge on any atom is 0.267 e. The van der Waals surface area contributed by atoms with E-state index in [4.69, 9.17) is 22.1 Å². The van der Waals surface area contributed by atoms with Crippen molar-refractivity contribution in [2.24, 2.45) is 5.73 Å². The lowest BCUT2D eigenvalue weighted by atomic mass is 10.2. The van der Waals surface area contributed by atoms with Crippen LogP contribution in [-0.4, -0.2) is 23.3 Å². The van der Waals surface area contributed by atoms with Crippen LogP contribution in [-0.2, 0) is 4.74 Å². The SMILES string of the molecule is COCC(N)c1nc2cccc(Cl)c2c(=O)n1-c1cc(F)cc(F)c1. The van der Waals surface area contributed by atoms with Crippen molar-refractivity contribution in [1.29, 1.82) is 0 Å². The molecule has 3 aromatic rings. The van der Waals surface area contributed by atoms with Crippen LogP contribution in [0.15, 0.2) is 41.2 Å². The van der Waals surface area contributed by atoms with E-state index in [9.17, 15) is 13.6 Å². The summed E-state index contributed by atoms with van der Waals surface area (Å²) in [5.74, 6) is -1.54. The summed E-state index contributed by atoms with van der Waals surface area (Å²) in [6.45, 7) is 0.0658. The number of nitrogens with two attached hydrogens (primary N) is 1. The van der Waals surface area contributed by atoms with Gasteiger partial charge in [0.15, 0.2) is 0 Å². The fraction of sp³-hybridized carbons (Fsp3) is 0.176. The van der Waals surface area contributed by atoms with Crippen molar-refractivity contribution in [2.75, 3.05) is 13.7 Å². The van der Waals surface area contributed by atoms with Crippen LogP contribution in [0.1, 0.15) is 11.9 Å². The van der Waals surface area contributed by atoms with Crippen molar-refractivity contribution in [3.8, 4) is 5.69 Å². The van der Waals surface area contributed by atoms with Crippen LogP contribution in [0.3, 0.4) is 0 Å². The molecule has 1 heterocycles. The van der Waals surface area contributed by atoms with Crippen molar-refractivity contribution in [3.05, 3.63) is 69.2 Å². The molecule has 5 nitrogen and oxygen atoms in total. The Bertz CT molecular complexity index is 987. The molecule has 0 saturated carbocycles. The molecule has 0 bridgehead atoms. The summed E-state index contributed by atoms with van der Waals surface area (Å²) < 4.78 is 33.4. The first-order valence-electron chi connectivity index (χ1n) is 7.34. The Morgan fingerprint density at radius 1 is 1.28 bits per heavy atom. The van der Waals surface area contributed by atoms with E-state index in [1.165, 1.54) is 13.2 Å². The van der Waals surface area contributed by atoms with E-state index < -0.39 is 23.2 Å². The lowest BCUT2D eigenvalue weighted by molar-refractivity contribution is 0.177. The number of nitrogens with zero attached hydrogens (tertiary/aromatic N) is 2. The third kappa shape index (κ3) is 3.26. The number of rotatable bonds is 4. The maximum atomic E-state index is 13.7. The molecule has 3 rings (SSSR count). The molecule has 0 spiro atoms. The first-order valence-corrected chi connectivity index (χ1v) is 7.72. The first-order chi connectivity index (χ1) is 11.9. The minimum Gasteiger partial charge on any atom is -0.383 e. The van der Waals surface area contributed by atoms with E-state index in [0.29, 0.717) is 11.6 Å². The molecule has 25 heavy (non-hydrogen) atoms. The van der Waals surface area contributed by atoms with E-state index in [-0.39, 0.29) is 28.5 Å². The Morgan fingerprint density at radius 2 is 1.96 bits per heavy atom. The largest absolute Gasteiger partial charge is 0.383 e. The second-order valence-corrected chi connectivity index (χ2v) is 5.84. The normalized spacial score (nSPS) is 12.5. The van der Waals surface area contributed by atoms with Crippen LogP contribution in [0.5, 0.6) is 0 Å². The van der Waals surface area contributed by atoms with E-state index in [0.717, 1.165) is 16.7 Å². The molecule has 130 valence electrons. The summed E-state index contributed by atoms with van der Waals surface area (Å²) in [5, 5.41) is 0.328. The molecule has 0 fully saturated rings. The minimum atomic E-state index is -0.826. The van der Waals surface area contributed by atoms with E-state index in [2.05, 4.69) is 4.98 Å². The maximum absolute atomic E-state index is 13.7. The summed E-state index contributed by atoms with van der Waals surface area (Å²) in [6, 6.07) is 6.78. The molecule has 0 aliphatic heterocycles. The second-order valence-electron chi connectivity index (χ2n) is 5.43. The highest BCUT2D eigenvalue weighted by atomic mass is 35.5. The lowest BCUT2D eigenvalue weighted by Crippen LogP contribution is -2.30. The fourth-order valence-corrected chi connectivity index (χ4v) is 2.88. The summed E-state index contributed by atoms with van der Waals surface area (Å²) in [7, 11) is 1.45. The zero-order valence-corrected chi connectivity index (χ0v) is 13.9. The van der Waals surface area contributed by atoms with Gasteiger partial charge in [-0.3, -0.25) is 9.36 Å². The molecule has 1 aromatic heterocycles. The van der Waals surface area contributed by atoms with Crippen molar-refractivity contribution < 1.29 is 13.5 Å². The van der Waals surface area contributed by atoms with Gasteiger partial charge in [-0.15, -0.1) is 0 Å². The Balaban J connectivity index is 2.41. The van der Waals surface area contributed by atoms with Gasteiger partial charge in [-0.25, -0.2) is 13.8 Å². The Morgan fingerprint density at radius 3 is 2.60 bits per heavy atom. The number of fused-ring (bicyclic) bond motifs is 1. The molecule has 0 amide bonds. The predicted octanol–water partition coefficient (Wildman–Crippen LogP) is 2.96. The van der Waals surface area contributed by atoms with Crippen LogP contribution >= 0.6 is 11.6 Å². The zero-order valence-electron chi connectivity index (χ0n) is 13.2. The number of ether oxygens (including phenoxy) is 1. The molecule has 1 unspecified atom stereocenters. The van der Waals surface area contributed by atoms with Gasteiger partial charge in [-0.2, -0.15) is 0 Å². The van der Waals surface area contributed by atoms with Crippen molar-refractivity contribution >= 4 is 22.5 Å². The average molecular weight is 366 g/mol. The zero-order chi connectivity index (χ0) is 18.1. The molecule has 2 aromatic carbocycles. The van der Waals surface area contributed by atoms with Crippen LogP contribution in [0.4, 0.5) is 8.78 Å². The number of hydrogen-bond acceptors (Lipinski definition) is 4. The van der Waals surface area contributed by atoms with Gasteiger partial charge in [-0.05, 0) is 24.3 Å². The number of halogens is 3. The smallest absolute Gasteiger partial charge is 0.267 e. The topological polar surface area (TPSA) is 70.1 Å². The van der Waals surface area contributed by atoms with Crippen LogP contribution < -0.4 is 11.3 Å². The van der Waals surface area contributed by atoms with Gasteiger partial charge in [0.05, 0.1) is 34.3 Å². The first kappa shape index (κ1) is 17.5. The Hall–Kier alpha value is -2.35. The molecule has 0 saturated heterocycles. The monoisotopic (exact) mass is 365 g/mol. The minimum absolute atomic E-state index is 0.0293. The highest BCUT2D eigenvalue weighted by molar-refractivity contribution is 6.35. The molecule has 1 atom stereocenters. The fourth-order valence-electron chi connectivity index (χ4n) is 2.63. The molecule has 0 aliphatic carbocycles. The van der Waals surface area contributed by atoms with Gasteiger partial charge in [0.1, 0.15) is 17.5 Å². The molecule has 0 radical (unpaired) electrons. The van der Waals surface area contributed by atoms with Gasteiger partial charge >= 0.3 is 0 Å². The third-order valence-electron chi connectivity index (χ3n) is 3.66. The van der Waals surface area contributed by atoms with Gasteiger partial charge < -0.3 is 10.5 Å². The lowest BCUT2D eigenvalue weighted by Gasteiger charge is -2.18. The van der Waals surface area contributed by atoms with Gasteiger partial charge in [-0.1, -0.05) is 17.7 Å². The number of aromatic nitrogens is 2. The van der Waals surface area contributed by atoms with Gasteiger partial charge in [0, 0.05) is 13.2 Å². The summed E-state index contributed by atoms with van der Waals surface area (Å²) in [6.07, 6.45) is 0. The van der Waals surface area contributed by atoms with Gasteiger partial charge in [0.25, 0.3) is 5.56 Å². The molecular formula is C17H14ClF2N3O2. The predicted molar refractivity (Wildman–Crippen MR) is 91.1 cm³/mol. The highest BCUT2D eigenvalue weighted by Crippen LogP contribution is 2.23. The molecule has 2 N–H and O–H groups in total. The number of hydrogen-bond donors (Lipinski definition) is 1. The van der Waals surface area contributed by atoms with E-state index in [1.54, 1.807) is 12.1 Å². The van der Waals surface area contributed by atoms with Crippen LogP contribution in [0.2, 0.25) is 5.02 Å². The van der Waals surface area contributed by atoms with Crippen LogP contribution in [0, 0.1) is 11.6 Å².